The molecule has 2 nitrogen and oxygen atoms in total. The molecule has 1 aliphatic heterocycles. The first kappa shape index (κ1) is 44.7. The molecule has 0 N–H and O–H groups in total. The molecule has 0 radical (unpaired) electrons. The lowest BCUT2D eigenvalue weighted by molar-refractivity contribution is 0.433. The molecule has 76 heavy (non-hydrogen) atoms. The number of benzene rings is 11. The molecule has 0 bridgehead atoms. The van der Waals surface area contributed by atoms with Crippen molar-refractivity contribution in [1.29, 1.82) is 0 Å². The molecule has 0 saturated heterocycles. The van der Waals surface area contributed by atoms with E-state index in [1.54, 1.807) is 0 Å². The normalized spacial score (nSPS) is 14.5. The van der Waals surface area contributed by atoms with Crippen LogP contribution in [0.3, 0.4) is 0 Å². The second-order valence-electron chi connectivity index (χ2n) is 23.5. The molecule has 0 amide bonds. The zero-order valence-corrected chi connectivity index (χ0v) is 43.9. The second-order valence-corrected chi connectivity index (χ2v) is 23.5. The van der Waals surface area contributed by atoms with E-state index >= 15 is 0 Å². The summed E-state index contributed by atoms with van der Waals surface area (Å²) in [5, 5.41) is 2.44. The van der Waals surface area contributed by atoms with Crippen LogP contribution in [0.4, 0.5) is 17.1 Å². The van der Waals surface area contributed by atoms with Gasteiger partial charge >= 0.3 is 0 Å². The van der Waals surface area contributed by atoms with Gasteiger partial charge in [-0.25, -0.2) is 0 Å². The summed E-state index contributed by atoms with van der Waals surface area (Å²) in [6.07, 6.45) is 0. The number of nitrogens with zero attached hydrogens (tertiary/aromatic N) is 1. The molecule has 0 atom stereocenters. The van der Waals surface area contributed by atoms with Crippen LogP contribution in [-0.2, 0) is 21.7 Å². The molecular formula is C74H57NO. The Labute approximate surface area is 446 Å². The Kier molecular flexibility index (Phi) is 9.36. The Bertz CT molecular complexity index is 4120. The van der Waals surface area contributed by atoms with Gasteiger partial charge in [0, 0.05) is 27.9 Å². The van der Waals surface area contributed by atoms with Crippen molar-refractivity contribution in [3.8, 4) is 56.0 Å². The lowest BCUT2D eigenvalue weighted by atomic mass is 9.64. The van der Waals surface area contributed by atoms with Gasteiger partial charge < -0.3 is 9.64 Å². The number of rotatable bonds is 4. The van der Waals surface area contributed by atoms with Crippen molar-refractivity contribution in [2.75, 3.05) is 4.90 Å². The molecule has 0 aromatic heterocycles. The van der Waals surface area contributed by atoms with Crippen LogP contribution in [0, 0.1) is 0 Å². The van der Waals surface area contributed by atoms with Crippen LogP contribution >= 0.6 is 0 Å². The minimum Gasteiger partial charge on any atom is -0.457 e. The van der Waals surface area contributed by atoms with Crippen molar-refractivity contribution in [3.63, 3.8) is 0 Å². The fourth-order valence-electron chi connectivity index (χ4n) is 14.1. The van der Waals surface area contributed by atoms with Crippen molar-refractivity contribution in [3.05, 3.63) is 292 Å². The van der Waals surface area contributed by atoms with Crippen LogP contribution in [-0.4, -0.2) is 0 Å². The molecule has 1 heterocycles. The molecule has 2 heteroatoms. The molecule has 3 aliphatic carbocycles. The van der Waals surface area contributed by atoms with Gasteiger partial charge in [-0.2, -0.15) is 0 Å². The number of fused-ring (bicyclic) bond motifs is 20. The van der Waals surface area contributed by atoms with E-state index in [2.05, 4.69) is 283 Å². The van der Waals surface area contributed by atoms with E-state index in [1.165, 1.54) is 111 Å². The summed E-state index contributed by atoms with van der Waals surface area (Å²) in [6, 6.07) is 89.7. The summed E-state index contributed by atoms with van der Waals surface area (Å²) >= 11 is 0. The van der Waals surface area contributed by atoms with Gasteiger partial charge in [0.25, 0.3) is 0 Å². The van der Waals surface area contributed by atoms with Crippen molar-refractivity contribution in [2.45, 2.75) is 63.2 Å². The molecule has 4 aliphatic rings. The van der Waals surface area contributed by atoms with Crippen LogP contribution < -0.4 is 9.64 Å². The van der Waals surface area contributed by atoms with Gasteiger partial charge in [-0.1, -0.05) is 230 Å². The molecule has 0 fully saturated rings. The van der Waals surface area contributed by atoms with Crippen LogP contribution in [0.5, 0.6) is 11.5 Å². The molecule has 11 aromatic rings. The van der Waals surface area contributed by atoms with Crippen molar-refractivity contribution < 1.29 is 4.74 Å². The molecule has 0 unspecified atom stereocenters. The number of anilines is 3. The fourth-order valence-corrected chi connectivity index (χ4v) is 14.1. The lowest BCUT2D eigenvalue weighted by Crippen LogP contribution is -2.33. The summed E-state index contributed by atoms with van der Waals surface area (Å²) in [4.78, 5) is 2.60. The van der Waals surface area contributed by atoms with E-state index in [1.807, 2.05) is 0 Å². The minimum atomic E-state index is -0.699. The topological polar surface area (TPSA) is 12.5 Å². The highest BCUT2D eigenvalue weighted by atomic mass is 16.5. The van der Waals surface area contributed by atoms with Gasteiger partial charge in [0.1, 0.15) is 11.5 Å². The zero-order chi connectivity index (χ0) is 51.3. The zero-order valence-electron chi connectivity index (χ0n) is 43.9. The Morgan fingerprint density at radius 3 is 1.36 bits per heavy atom. The maximum absolute atomic E-state index is 7.10. The average molecular weight is 976 g/mol. The van der Waals surface area contributed by atoms with Gasteiger partial charge in [-0.05, 0) is 148 Å². The summed E-state index contributed by atoms with van der Waals surface area (Å²) in [7, 11) is 0. The number of para-hydroxylation sites is 1. The first-order chi connectivity index (χ1) is 37.0. The lowest BCUT2D eigenvalue weighted by Gasteiger charge is -2.41. The van der Waals surface area contributed by atoms with Gasteiger partial charge in [-0.3, -0.25) is 0 Å². The predicted octanol–water partition coefficient (Wildman–Crippen LogP) is 19.4. The largest absolute Gasteiger partial charge is 0.457 e. The molecule has 2 spiro atoms. The minimum absolute atomic E-state index is 0.0976. The summed E-state index contributed by atoms with van der Waals surface area (Å²) in [5.41, 5.74) is 24.6. The van der Waals surface area contributed by atoms with Gasteiger partial charge in [0.05, 0.1) is 22.2 Å². The molecule has 0 saturated carbocycles. The van der Waals surface area contributed by atoms with Gasteiger partial charge in [-0.15, -0.1) is 0 Å². The molecule has 15 rings (SSSR count). The quantitative estimate of drug-likeness (QED) is 0.174. The Morgan fingerprint density at radius 2 is 0.750 bits per heavy atom. The van der Waals surface area contributed by atoms with Gasteiger partial charge in [0.15, 0.2) is 0 Å². The number of hydrogen-bond donors (Lipinski definition) is 0. The van der Waals surface area contributed by atoms with Crippen molar-refractivity contribution in [2.24, 2.45) is 0 Å². The maximum atomic E-state index is 7.10. The van der Waals surface area contributed by atoms with Crippen LogP contribution in [0.25, 0.3) is 55.3 Å². The highest BCUT2D eigenvalue weighted by Crippen LogP contribution is 2.67. The Balaban J connectivity index is 1.07. The van der Waals surface area contributed by atoms with E-state index in [0.29, 0.717) is 0 Å². The first-order valence-electron chi connectivity index (χ1n) is 27.0. The average Bonchev–Trinajstić information content (AvgIpc) is 4.05. The van der Waals surface area contributed by atoms with E-state index in [-0.39, 0.29) is 10.8 Å². The number of hydrogen-bond acceptors (Lipinski definition) is 2. The van der Waals surface area contributed by atoms with E-state index in [0.717, 1.165) is 28.6 Å². The predicted molar refractivity (Wildman–Crippen MR) is 315 cm³/mol. The van der Waals surface area contributed by atoms with Crippen LogP contribution in [0.15, 0.2) is 237 Å². The third-order valence-corrected chi connectivity index (χ3v) is 17.5. The SMILES string of the molecule is CC(C)(C)c1ccc2c(c1)C1(c3cc(C(C)(C)C)ccc3O2)c2ccccc2-c2c(N(c3ccc4c(c3)C3(c5ccccc5-c5ccccc53)c3ccccc3-4)c3ccccc3-c3cccc4ccccc34)cccc21. The Hall–Kier alpha value is -8.72. The van der Waals surface area contributed by atoms with Crippen LogP contribution in [0.2, 0.25) is 0 Å². The highest BCUT2D eigenvalue weighted by Gasteiger charge is 2.54. The summed E-state index contributed by atoms with van der Waals surface area (Å²) in [6.45, 7) is 13.9. The smallest absolute Gasteiger partial charge is 0.132 e. The molecule has 364 valence electrons. The van der Waals surface area contributed by atoms with Crippen molar-refractivity contribution >= 4 is 27.8 Å². The molecular weight excluding hydrogens is 919 g/mol. The standard InChI is InChI=1S/C74H57NO/c1-71(2,3)47-37-41-68-64(43-47)74(65-44-48(72(4,5)6)38-42-69(65)76-68)61-33-17-12-28-57(61)70-62(74)34-20-36-67(70)75(66-35-18-13-27-56(66)51-29-19-22-46-21-7-8-23-50(46)51)49-39-40-55-54-26-11-16-32-60(54)73(63(55)45-49)58-30-14-9-24-52(58)53-25-10-15-31-59(53)73/h7-45H,1-6H3. The number of ether oxygens (including phenoxy) is 1. The highest BCUT2D eigenvalue weighted by molar-refractivity contribution is 6.05. The van der Waals surface area contributed by atoms with Crippen LogP contribution in [0.1, 0.15) is 97.2 Å². The summed E-state index contributed by atoms with van der Waals surface area (Å²) in [5.74, 6) is 1.80. The monoisotopic (exact) mass is 975 g/mol. The maximum Gasteiger partial charge on any atom is 0.132 e. The summed E-state index contributed by atoms with van der Waals surface area (Å²) < 4.78 is 7.10. The third kappa shape index (κ3) is 5.99. The fraction of sp³-hybridized carbons (Fsp3) is 0.135. The first-order valence-corrected chi connectivity index (χ1v) is 27.0. The third-order valence-electron chi connectivity index (χ3n) is 17.5. The van der Waals surface area contributed by atoms with E-state index in [9.17, 15) is 0 Å². The second kappa shape index (κ2) is 15.9. The van der Waals surface area contributed by atoms with Crippen molar-refractivity contribution in [1.82, 2.24) is 0 Å². The van der Waals surface area contributed by atoms with E-state index in [4.69, 9.17) is 4.74 Å². The van der Waals surface area contributed by atoms with Gasteiger partial charge in [0.2, 0.25) is 0 Å². The Morgan fingerprint density at radius 1 is 0.316 bits per heavy atom. The van der Waals surface area contributed by atoms with E-state index < -0.39 is 10.8 Å². The molecule has 11 aromatic carbocycles.